The number of hydrogen-bond donors (Lipinski definition) is 1. The molecule has 13 nitrogen and oxygen atoms in total. The number of aromatic nitrogens is 1. The van der Waals surface area contributed by atoms with Gasteiger partial charge in [-0.25, -0.2) is 14.7 Å². The van der Waals surface area contributed by atoms with Crippen LogP contribution in [0, 0.1) is 20.2 Å². The molecule has 5 rings (SSSR count). The number of nitrogens with one attached hydrogen (secondary N) is 1. The predicted octanol–water partition coefficient (Wildman–Crippen LogP) is 4.28. The number of cyclic esters (lactones) is 1. The fraction of sp³-hybridized carbons (Fsp3) is 0.320. The smallest absolute Gasteiger partial charge is 0.417 e. The number of oxazole rings is 1. The molecule has 0 spiro atoms. The number of nitrogens with zero attached hydrogens (tertiary/aromatic N) is 4. The first-order valence-corrected chi connectivity index (χ1v) is 12.8. The van der Waals surface area contributed by atoms with Gasteiger partial charge in [-0.1, -0.05) is 36.0 Å². The van der Waals surface area contributed by atoms with Crippen molar-refractivity contribution in [3.05, 3.63) is 85.6 Å². The Labute approximate surface area is 225 Å². The van der Waals surface area contributed by atoms with Crippen LogP contribution in [0.3, 0.4) is 0 Å². The Morgan fingerprint density at radius 2 is 1.74 bits per heavy atom. The van der Waals surface area contributed by atoms with Crippen LogP contribution in [0.25, 0.3) is 0 Å². The minimum atomic E-state index is -0.781. The van der Waals surface area contributed by atoms with E-state index in [2.05, 4.69) is 10.3 Å². The molecule has 3 aromatic rings. The zero-order valence-corrected chi connectivity index (χ0v) is 21.7. The number of hydrogen-bond acceptors (Lipinski definition) is 10. The number of nitro groups is 2. The van der Waals surface area contributed by atoms with E-state index in [1.165, 1.54) is 22.9 Å². The van der Waals surface area contributed by atoms with E-state index in [0.717, 1.165) is 29.3 Å². The predicted molar refractivity (Wildman–Crippen MR) is 139 cm³/mol. The fourth-order valence-corrected chi connectivity index (χ4v) is 5.78. The number of amides is 2. The lowest BCUT2D eigenvalue weighted by molar-refractivity contribution is -0.394. The monoisotopic (exact) mass is 553 g/mol. The molecule has 0 bridgehead atoms. The number of fused-ring (bicyclic) bond motifs is 1. The van der Waals surface area contributed by atoms with Crippen LogP contribution in [0.5, 0.6) is 0 Å². The molecule has 1 N–H and O–H groups in total. The van der Waals surface area contributed by atoms with Gasteiger partial charge < -0.3 is 14.5 Å². The average Bonchev–Trinajstić information content (AvgIpc) is 3.45. The summed E-state index contributed by atoms with van der Waals surface area (Å²) in [6, 6.07) is 10.1. The lowest BCUT2D eigenvalue weighted by atomic mass is 9.87. The number of rotatable bonds is 7. The molecular weight excluding hydrogens is 530 g/mol. The molecule has 2 amide bonds. The van der Waals surface area contributed by atoms with Crippen LogP contribution >= 0.6 is 11.8 Å². The molecule has 1 aromatic heterocycles. The Hall–Kier alpha value is -4.46. The van der Waals surface area contributed by atoms with Gasteiger partial charge in [0.1, 0.15) is 6.61 Å². The summed E-state index contributed by atoms with van der Waals surface area (Å²) in [5, 5.41) is 25.5. The van der Waals surface area contributed by atoms with Gasteiger partial charge >= 0.3 is 6.09 Å². The van der Waals surface area contributed by atoms with Crippen molar-refractivity contribution in [1.82, 2.24) is 10.3 Å². The molecule has 1 fully saturated rings. The maximum atomic E-state index is 13.2. The number of nitro benzene ring substituents is 2. The van der Waals surface area contributed by atoms with Gasteiger partial charge in [0.2, 0.25) is 5.88 Å². The van der Waals surface area contributed by atoms with Crippen LogP contribution in [0.4, 0.5) is 22.1 Å². The van der Waals surface area contributed by atoms with Crippen molar-refractivity contribution in [3.63, 3.8) is 0 Å². The van der Waals surface area contributed by atoms with E-state index < -0.39 is 44.8 Å². The largest absolute Gasteiger partial charge is 0.447 e. The van der Waals surface area contributed by atoms with Gasteiger partial charge in [0, 0.05) is 23.4 Å². The van der Waals surface area contributed by atoms with Crippen molar-refractivity contribution in [2.75, 3.05) is 11.5 Å². The highest BCUT2D eigenvalue weighted by atomic mass is 32.2. The first kappa shape index (κ1) is 26.2. The van der Waals surface area contributed by atoms with Crippen LogP contribution in [0.1, 0.15) is 35.3 Å². The molecule has 2 aromatic carbocycles. The topological polar surface area (TPSA) is 171 Å². The second kappa shape index (κ2) is 10.0. The molecule has 0 radical (unpaired) electrons. The second-order valence-electron chi connectivity index (χ2n) is 9.83. The van der Waals surface area contributed by atoms with Crippen molar-refractivity contribution in [2.24, 2.45) is 0 Å². The highest BCUT2D eigenvalue weighted by molar-refractivity contribution is 7.99. The van der Waals surface area contributed by atoms with Crippen molar-refractivity contribution in [2.45, 2.75) is 48.7 Å². The highest BCUT2D eigenvalue weighted by Crippen LogP contribution is 2.37. The summed E-state index contributed by atoms with van der Waals surface area (Å²) in [6.45, 7) is 3.89. The molecule has 202 valence electrons. The number of ether oxygens (including phenoxy) is 1. The Balaban J connectivity index is 1.41. The van der Waals surface area contributed by atoms with Crippen molar-refractivity contribution in [3.8, 4) is 0 Å². The molecule has 2 heterocycles. The lowest BCUT2D eigenvalue weighted by Gasteiger charge is -2.32. The number of carbonyl (C=O) groups excluding carboxylic acids is 2. The van der Waals surface area contributed by atoms with E-state index in [1.807, 2.05) is 38.1 Å². The van der Waals surface area contributed by atoms with Gasteiger partial charge in [0.15, 0.2) is 0 Å². The summed E-state index contributed by atoms with van der Waals surface area (Å²) in [6.07, 6.45) is 1.92. The van der Waals surface area contributed by atoms with Crippen LogP contribution in [0.15, 0.2) is 58.3 Å². The van der Waals surface area contributed by atoms with Crippen molar-refractivity contribution in [1.29, 1.82) is 0 Å². The first-order valence-electron chi connectivity index (χ1n) is 11.9. The molecule has 2 aliphatic rings. The van der Waals surface area contributed by atoms with E-state index in [9.17, 15) is 29.8 Å². The van der Waals surface area contributed by atoms with Gasteiger partial charge in [0.05, 0.1) is 33.2 Å². The van der Waals surface area contributed by atoms with E-state index in [0.29, 0.717) is 12.8 Å². The Morgan fingerprint density at radius 3 is 2.33 bits per heavy atom. The van der Waals surface area contributed by atoms with Gasteiger partial charge in [-0.3, -0.25) is 25.0 Å². The van der Waals surface area contributed by atoms with Gasteiger partial charge in [-0.15, -0.1) is 0 Å². The Kier molecular flexibility index (Phi) is 6.72. The zero-order chi connectivity index (χ0) is 27.9. The summed E-state index contributed by atoms with van der Waals surface area (Å²) >= 11 is 1.28. The number of anilines is 1. The number of carbonyl (C=O) groups is 2. The fourth-order valence-electron chi connectivity index (χ4n) is 4.68. The van der Waals surface area contributed by atoms with Crippen LogP contribution < -0.4 is 10.2 Å². The van der Waals surface area contributed by atoms with E-state index >= 15 is 0 Å². The minimum Gasteiger partial charge on any atom is -0.447 e. The third-order valence-corrected chi connectivity index (χ3v) is 7.80. The zero-order valence-electron chi connectivity index (χ0n) is 20.9. The summed E-state index contributed by atoms with van der Waals surface area (Å²) in [5.41, 5.74) is 0.211. The van der Waals surface area contributed by atoms with Gasteiger partial charge in [-0.05, 0) is 37.8 Å². The van der Waals surface area contributed by atoms with Gasteiger partial charge in [0.25, 0.3) is 22.5 Å². The second-order valence-corrected chi connectivity index (χ2v) is 11.0. The van der Waals surface area contributed by atoms with Crippen molar-refractivity contribution >= 4 is 41.0 Å². The molecule has 0 saturated carbocycles. The molecule has 2 unspecified atom stereocenters. The van der Waals surface area contributed by atoms with Crippen LogP contribution in [-0.2, 0) is 17.6 Å². The van der Waals surface area contributed by atoms with E-state index in [-0.39, 0.29) is 28.5 Å². The molecule has 1 aliphatic heterocycles. The number of non-ortho nitro benzene ring substituents is 2. The third-order valence-electron chi connectivity index (χ3n) is 6.61. The SMILES string of the molecule is CC1(C)COC(=O)N1c1cnc(SC2Cc3ccccc3CC2NC(=O)c2cc([N+](=O)[O-])cc([N+](=O)[O-])c2)o1. The van der Waals surface area contributed by atoms with Crippen LogP contribution in [-0.4, -0.2) is 50.3 Å². The summed E-state index contributed by atoms with van der Waals surface area (Å²) in [5.74, 6) is -0.433. The van der Waals surface area contributed by atoms with Crippen LogP contribution in [0.2, 0.25) is 0 Å². The van der Waals surface area contributed by atoms with Crippen molar-refractivity contribution < 1.29 is 28.6 Å². The Morgan fingerprint density at radius 1 is 1.10 bits per heavy atom. The number of benzene rings is 2. The minimum absolute atomic E-state index is 0.188. The van der Waals surface area contributed by atoms with E-state index in [1.54, 1.807) is 0 Å². The molecule has 14 heteroatoms. The lowest BCUT2D eigenvalue weighted by Crippen LogP contribution is -2.46. The first-order chi connectivity index (χ1) is 18.5. The summed E-state index contributed by atoms with van der Waals surface area (Å²) in [4.78, 5) is 52.2. The number of thioether (sulfide) groups is 1. The molecule has 39 heavy (non-hydrogen) atoms. The third kappa shape index (κ3) is 5.27. The molecule has 1 saturated heterocycles. The maximum absolute atomic E-state index is 13.2. The molecule has 2 atom stereocenters. The molecular formula is C25H23N5O8S. The normalized spacial score (nSPS) is 19.7. The average molecular weight is 554 g/mol. The highest BCUT2D eigenvalue weighted by Gasteiger charge is 2.43. The van der Waals surface area contributed by atoms with E-state index in [4.69, 9.17) is 9.15 Å². The quantitative estimate of drug-likeness (QED) is 0.329. The standard InChI is InChI=1S/C25H23N5O8S/c1-25(2)13-37-24(32)28(25)21-12-26-23(38-21)39-20-10-15-6-4-3-5-14(15)9-19(20)27-22(31)16-7-17(29(33)34)11-18(8-16)30(35)36/h3-8,11-12,19-20H,9-10,13H2,1-2H3,(H,27,31). The molecule has 1 aliphatic carbocycles. The van der Waals surface area contributed by atoms with Gasteiger partial charge in [-0.2, -0.15) is 0 Å². The Bertz CT molecular complexity index is 1460. The summed E-state index contributed by atoms with van der Waals surface area (Å²) in [7, 11) is 0. The maximum Gasteiger partial charge on any atom is 0.417 e. The summed E-state index contributed by atoms with van der Waals surface area (Å²) < 4.78 is 11.0.